The zero-order valence-electron chi connectivity index (χ0n) is 20.0. The van der Waals surface area contributed by atoms with E-state index >= 15 is 0 Å². The van der Waals surface area contributed by atoms with Crippen LogP contribution in [-0.2, 0) is 35.2 Å². The van der Waals surface area contributed by atoms with Gasteiger partial charge in [0.15, 0.2) is 0 Å². The molecule has 7 nitrogen and oxygen atoms in total. The molecule has 4 rings (SSSR count). The molecule has 9 heteroatoms. The van der Waals surface area contributed by atoms with Crippen LogP contribution >= 0.6 is 11.3 Å². The number of nitrogens with zero attached hydrogens (tertiary/aromatic N) is 3. The topological polar surface area (TPSA) is 85.4 Å². The second-order valence-corrected chi connectivity index (χ2v) is 11.8. The molecule has 3 aromatic heterocycles. The number of imidazole rings is 1. The van der Waals surface area contributed by atoms with Gasteiger partial charge in [-0.1, -0.05) is 49.7 Å². The number of thiophene rings is 1. The Labute approximate surface area is 210 Å². The summed E-state index contributed by atoms with van der Waals surface area (Å²) in [4.78, 5) is 19.9. The van der Waals surface area contributed by atoms with Crippen LogP contribution in [0.15, 0.2) is 75.9 Å². The molecule has 0 aliphatic heterocycles. The standard InChI is InChI=1S/C26H29N3O4S2/c1-19(2)15-29-22(14-27-26(29)35(31,32)18-21-8-4-7-20(3)13-21)16-28(17-23-9-5-11-33-23)25(30)24-10-6-12-34-24/h4-14,19H,15-18H2,1-3H3. The Morgan fingerprint density at radius 2 is 1.97 bits per heavy atom. The molecule has 0 spiro atoms. The van der Waals surface area contributed by atoms with Gasteiger partial charge in [-0.25, -0.2) is 13.4 Å². The van der Waals surface area contributed by atoms with Crippen LogP contribution in [0.5, 0.6) is 0 Å². The average molecular weight is 512 g/mol. The van der Waals surface area contributed by atoms with Gasteiger partial charge in [-0.3, -0.25) is 4.79 Å². The Morgan fingerprint density at radius 3 is 2.63 bits per heavy atom. The average Bonchev–Trinajstić information content (AvgIpc) is 3.55. The number of aryl methyl sites for hydroxylation is 1. The van der Waals surface area contributed by atoms with E-state index in [4.69, 9.17) is 4.42 Å². The van der Waals surface area contributed by atoms with Crippen LogP contribution in [0.4, 0.5) is 0 Å². The van der Waals surface area contributed by atoms with Crippen molar-refractivity contribution in [3.63, 3.8) is 0 Å². The Balaban J connectivity index is 1.68. The third kappa shape index (κ3) is 6.10. The summed E-state index contributed by atoms with van der Waals surface area (Å²) in [6.07, 6.45) is 3.14. The van der Waals surface area contributed by atoms with E-state index < -0.39 is 9.84 Å². The summed E-state index contributed by atoms with van der Waals surface area (Å²) >= 11 is 1.37. The monoisotopic (exact) mass is 511 g/mol. The van der Waals surface area contributed by atoms with Crippen LogP contribution in [-0.4, -0.2) is 28.8 Å². The van der Waals surface area contributed by atoms with Gasteiger partial charge in [-0.2, -0.15) is 0 Å². The van der Waals surface area contributed by atoms with Crippen LogP contribution in [0.25, 0.3) is 0 Å². The molecule has 0 N–H and O–H groups in total. The van der Waals surface area contributed by atoms with Crippen molar-refractivity contribution in [2.24, 2.45) is 5.92 Å². The number of amides is 1. The fraction of sp³-hybridized carbons (Fsp3) is 0.308. The minimum Gasteiger partial charge on any atom is -0.467 e. The highest BCUT2D eigenvalue weighted by Crippen LogP contribution is 2.23. The first kappa shape index (κ1) is 24.9. The summed E-state index contributed by atoms with van der Waals surface area (Å²) in [6, 6.07) is 14.7. The lowest BCUT2D eigenvalue weighted by molar-refractivity contribution is 0.0717. The normalized spacial score (nSPS) is 11.8. The van der Waals surface area contributed by atoms with Gasteiger partial charge in [0.25, 0.3) is 5.91 Å². The molecule has 1 aromatic carbocycles. The second kappa shape index (κ2) is 10.6. The van der Waals surface area contributed by atoms with Gasteiger partial charge in [0, 0.05) is 6.54 Å². The van der Waals surface area contributed by atoms with Crippen molar-refractivity contribution in [2.45, 2.75) is 51.3 Å². The quantitative estimate of drug-likeness (QED) is 0.288. The number of furan rings is 1. The van der Waals surface area contributed by atoms with E-state index in [1.165, 1.54) is 11.3 Å². The summed E-state index contributed by atoms with van der Waals surface area (Å²) in [7, 11) is -3.70. The highest BCUT2D eigenvalue weighted by atomic mass is 32.2. The Kier molecular flexibility index (Phi) is 7.57. The van der Waals surface area contributed by atoms with E-state index in [-0.39, 0.29) is 35.8 Å². The van der Waals surface area contributed by atoms with E-state index in [9.17, 15) is 13.2 Å². The van der Waals surface area contributed by atoms with Crippen LogP contribution in [0.2, 0.25) is 0 Å². The van der Waals surface area contributed by atoms with E-state index in [1.54, 1.807) is 34.1 Å². The lowest BCUT2D eigenvalue weighted by Crippen LogP contribution is -2.31. The predicted molar refractivity (Wildman–Crippen MR) is 136 cm³/mol. The largest absolute Gasteiger partial charge is 0.467 e. The molecule has 0 saturated carbocycles. The van der Waals surface area contributed by atoms with Gasteiger partial charge in [0.05, 0.1) is 41.9 Å². The molecular weight excluding hydrogens is 482 g/mol. The summed E-state index contributed by atoms with van der Waals surface area (Å²) in [5.74, 6) is 0.561. The van der Waals surface area contributed by atoms with E-state index in [1.807, 2.05) is 62.5 Å². The van der Waals surface area contributed by atoms with Crippen LogP contribution in [0.1, 0.15) is 46.1 Å². The van der Waals surface area contributed by atoms with Crippen LogP contribution in [0.3, 0.4) is 0 Å². The molecule has 3 heterocycles. The SMILES string of the molecule is Cc1cccc(CS(=O)(=O)c2ncc(CN(Cc3ccco3)C(=O)c3cccs3)n2CC(C)C)c1. The summed E-state index contributed by atoms with van der Waals surface area (Å²) in [5, 5.41) is 1.89. The van der Waals surface area contributed by atoms with Gasteiger partial charge in [-0.05, 0) is 42.0 Å². The number of carbonyl (C=O) groups is 1. The number of aromatic nitrogens is 2. The van der Waals surface area contributed by atoms with Crippen molar-refractivity contribution >= 4 is 27.1 Å². The predicted octanol–water partition coefficient (Wildman–Crippen LogP) is 5.32. The Hall–Kier alpha value is -3.17. The molecule has 0 aliphatic rings. The first-order chi connectivity index (χ1) is 16.7. The van der Waals surface area contributed by atoms with Crippen molar-refractivity contribution in [2.75, 3.05) is 0 Å². The second-order valence-electron chi connectivity index (χ2n) is 9.00. The maximum Gasteiger partial charge on any atom is 0.264 e. The molecule has 0 aliphatic carbocycles. The smallest absolute Gasteiger partial charge is 0.264 e. The molecule has 35 heavy (non-hydrogen) atoms. The van der Waals surface area contributed by atoms with Gasteiger partial charge in [-0.15, -0.1) is 11.3 Å². The first-order valence-corrected chi connectivity index (χ1v) is 13.9. The zero-order chi connectivity index (χ0) is 25.0. The molecule has 184 valence electrons. The Bertz CT molecular complexity index is 1370. The van der Waals surface area contributed by atoms with Crippen LogP contribution < -0.4 is 0 Å². The van der Waals surface area contributed by atoms with Gasteiger partial charge >= 0.3 is 0 Å². The van der Waals surface area contributed by atoms with Gasteiger partial charge in [0.1, 0.15) is 5.76 Å². The molecule has 0 bridgehead atoms. The fourth-order valence-corrected chi connectivity index (χ4v) is 6.13. The number of rotatable bonds is 10. The summed E-state index contributed by atoms with van der Waals surface area (Å²) in [5.41, 5.74) is 2.39. The van der Waals surface area contributed by atoms with E-state index in [2.05, 4.69) is 4.98 Å². The number of carbonyl (C=O) groups excluding carboxylic acids is 1. The lowest BCUT2D eigenvalue weighted by Gasteiger charge is -2.23. The zero-order valence-corrected chi connectivity index (χ0v) is 21.7. The van der Waals surface area contributed by atoms with Gasteiger partial charge in [0.2, 0.25) is 15.0 Å². The fourth-order valence-electron chi connectivity index (χ4n) is 3.95. The molecular formula is C26H29N3O4S2. The first-order valence-electron chi connectivity index (χ1n) is 11.4. The number of benzene rings is 1. The van der Waals surface area contributed by atoms with Crippen molar-refractivity contribution < 1.29 is 17.6 Å². The minimum atomic E-state index is -3.70. The van der Waals surface area contributed by atoms with Crippen molar-refractivity contribution in [3.8, 4) is 0 Å². The van der Waals surface area contributed by atoms with Crippen molar-refractivity contribution in [1.82, 2.24) is 14.5 Å². The molecule has 0 unspecified atom stereocenters. The molecule has 0 atom stereocenters. The van der Waals surface area contributed by atoms with Crippen molar-refractivity contribution in [3.05, 3.63) is 93.8 Å². The maximum atomic E-state index is 13.4. The third-order valence-corrected chi connectivity index (χ3v) is 7.92. The molecule has 4 aromatic rings. The molecule has 0 fully saturated rings. The Morgan fingerprint density at radius 1 is 1.14 bits per heavy atom. The highest BCUT2D eigenvalue weighted by Gasteiger charge is 2.27. The lowest BCUT2D eigenvalue weighted by atomic mass is 10.2. The third-order valence-electron chi connectivity index (χ3n) is 5.47. The maximum absolute atomic E-state index is 13.4. The summed E-state index contributed by atoms with van der Waals surface area (Å²) < 4.78 is 34.1. The number of sulfone groups is 1. The van der Waals surface area contributed by atoms with Crippen molar-refractivity contribution in [1.29, 1.82) is 0 Å². The van der Waals surface area contributed by atoms with E-state index in [0.29, 0.717) is 22.9 Å². The minimum absolute atomic E-state index is 0.0317. The molecule has 0 saturated heterocycles. The molecule has 1 amide bonds. The molecule has 0 radical (unpaired) electrons. The van der Waals surface area contributed by atoms with E-state index in [0.717, 1.165) is 11.1 Å². The highest BCUT2D eigenvalue weighted by molar-refractivity contribution is 7.90. The number of hydrogen-bond acceptors (Lipinski definition) is 6. The van der Waals surface area contributed by atoms with Gasteiger partial charge < -0.3 is 13.9 Å². The van der Waals surface area contributed by atoms with Crippen LogP contribution in [0, 0.1) is 12.8 Å². The number of hydrogen-bond donors (Lipinski definition) is 0. The summed E-state index contributed by atoms with van der Waals surface area (Å²) in [6.45, 7) is 6.93.